The lowest BCUT2D eigenvalue weighted by atomic mass is 9.76. The fourth-order valence-electron chi connectivity index (χ4n) is 5.44. The van der Waals surface area contributed by atoms with E-state index in [2.05, 4.69) is 6.92 Å². The molecule has 7 heteroatoms. The maximum atomic E-state index is 13.0. The Morgan fingerprint density at radius 2 is 1.68 bits per heavy atom. The molecule has 0 unspecified atom stereocenters. The van der Waals surface area contributed by atoms with Crippen LogP contribution < -0.4 is 14.5 Å². The second-order valence-corrected chi connectivity index (χ2v) is 9.81. The summed E-state index contributed by atoms with van der Waals surface area (Å²) in [6, 6.07) is 14.1. The monoisotopic (exact) mass is 460 g/mol. The smallest absolute Gasteiger partial charge is 0.316 e. The van der Waals surface area contributed by atoms with Crippen molar-refractivity contribution >= 4 is 35.1 Å². The van der Waals surface area contributed by atoms with Crippen LogP contribution in [0.5, 0.6) is 5.75 Å². The number of hydrogen-bond donors (Lipinski definition) is 0. The molecule has 0 aromatic heterocycles. The lowest BCUT2D eigenvalue weighted by molar-refractivity contribution is -0.139. The van der Waals surface area contributed by atoms with Crippen LogP contribution in [0.4, 0.5) is 11.4 Å². The molecule has 3 fully saturated rings. The Morgan fingerprint density at radius 3 is 2.47 bits per heavy atom. The summed E-state index contributed by atoms with van der Waals surface area (Å²) < 4.78 is 5.59. The molecule has 2 saturated heterocycles. The quantitative estimate of drug-likeness (QED) is 0.393. The number of carbonyl (C=O) groups is 4. The molecule has 0 bridgehead atoms. The summed E-state index contributed by atoms with van der Waals surface area (Å²) in [5.41, 5.74) is 2.23. The maximum absolute atomic E-state index is 13.0. The number of ether oxygens (including phenoxy) is 1. The average molecular weight is 461 g/mol. The number of carbonyl (C=O) groups excluding carboxylic acids is 4. The van der Waals surface area contributed by atoms with Crippen LogP contribution in [0.1, 0.15) is 38.2 Å². The van der Waals surface area contributed by atoms with Gasteiger partial charge in [0.25, 0.3) is 0 Å². The molecule has 1 aliphatic carbocycles. The van der Waals surface area contributed by atoms with E-state index < -0.39 is 11.9 Å². The fourth-order valence-corrected chi connectivity index (χ4v) is 5.44. The topological polar surface area (TPSA) is 84.0 Å². The van der Waals surface area contributed by atoms with E-state index in [1.165, 1.54) is 4.90 Å². The molecule has 2 heterocycles. The molecule has 5 rings (SSSR count). The third-order valence-corrected chi connectivity index (χ3v) is 7.25. The number of aryl methyl sites for hydroxylation is 1. The van der Waals surface area contributed by atoms with Crippen LogP contribution in [0.25, 0.3) is 0 Å². The molecule has 2 aliphatic heterocycles. The van der Waals surface area contributed by atoms with E-state index in [9.17, 15) is 19.2 Å². The van der Waals surface area contributed by atoms with Gasteiger partial charge in [-0.05, 0) is 61.9 Å². The number of esters is 1. The minimum atomic E-state index is -0.587. The minimum absolute atomic E-state index is 0.0805. The highest BCUT2D eigenvalue weighted by molar-refractivity contribution is 6.22. The third-order valence-electron chi connectivity index (χ3n) is 7.25. The summed E-state index contributed by atoms with van der Waals surface area (Å²) in [6.07, 6.45) is 2.49. The molecule has 176 valence electrons. The van der Waals surface area contributed by atoms with Gasteiger partial charge in [0.2, 0.25) is 17.7 Å². The molecule has 4 atom stereocenters. The first-order valence-corrected chi connectivity index (χ1v) is 11.9. The van der Waals surface area contributed by atoms with Gasteiger partial charge < -0.3 is 9.64 Å². The summed E-state index contributed by atoms with van der Waals surface area (Å²) >= 11 is 0. The van der Waals surface area contributed by atoms with Crippen molar-refractivity contribution < 1.29 is 23.9 Å². The lowest BCUT2D eigenvalue weighted by Gasteiger charge is -2.25. The van der Waals surface area contributed by atoms with E-state index in [-0.39, 0.29) is 48.3 Å². The average Bonchev–Trinajstić information content (AvgIpc) is 3.31. The van der Waals surface area contributed by atoms with E-state index in [0.717, 1.165) is 30.5 Å². The first-order chi connectivity index (χ1) is 16.3. The Hall–Kier alpha value is -3.48. The highest BCUT2D eigenvalue weighted by atomic mass is 16.5. The fraction of sp³-hybridized carbons (Fsp3) is 0.407. The number of nitrogens with zero attached hydrogens (tertiary/aromatic N) is 2. The zero-order chi connectivity index (χ0) is 24.0. The Kier molecular flexibility index (Phi) is 5.71. The van der Waals surface area contributed by atoms with Crippen molar-refractivity contribution in [2.45, 2.75) is 39.5 Å². The number of anilines is 2. The van der Waals surface area contributed by atoms with Gasteiger partial charge in [0.15, 0.2) is 0 Å². The third kappa shape index (κ3) is 4.00. The van der Waals surface area contributed by atoms with E-state index in [0.29, 0.717) is 11.6 Å². The highest BCUT2D eigenvalue weighted by Gasteiger charge is 2.50. The molecule has 2 aromatic carbocycles. The number of hydrogen-bond acceptors (Lipinski definition) is 5. The van der Waals surface area contributed by atoms with Crippen LogP contribution in [0, 0.1) is 30.6 Å². The molecule has 0 radical (unpaired) electrons. The van der Waals surface area contributed by atoms with Crippen molar-refractivity contribution in [3.8, 4) is 5.75 Å². The summed E-state index contributed by atoms with van der Waals surface area (Å²) in [5.74, 6) is -1.37. The van der Waals surface area contributed by atoms with Gasteiger partial charge in [0.05, 0.1) is 23.4 Å². The van der Waals surface area contributed by atoms with Gasteiger partial charge in [-0.3, -0.25) is 19.2 Å². The number of fused-ring (bicyclic) bond motifs is 1. The first kappa shape index (κ1) is 22.3. The second-order valence-electron chi connectivity index (χ2n) is 9.81. The Balaban J connectivity index is 1.29. The summed E-state index contributed by atoms with van der Waals surface area (Å²) in [7, 11) is 0. The second kappa shape index (κ2) is 8.70. The van der Waals surface area contributed by atoms with Crippen LogP contribution >= 0.6 is 0 Å². The van der Waals surface area contributed by atoms with E-state index in [1.54, 1.807) is 29.2 Å². The zero-order valence-corrected chi connectivity index (χ0v) is 19.4. The van der Waals surface area contributed by atoms with Gasteiger partial charge in [0.1, 0.15) is 5.75 Å². The predicted octanol–water partition coefficient (Wildman–Crippen LogP) is 3.88. The summed E-state index contributed by atoms with van der Waals surface area (Å²) in [4.78, 5) is 54.3. The summed E-state index contributed by atoms with van der Waals surface area (Å²) in [6.45, 7) is 4.32. The molecule has 7 nitrogen and oxygen atoms in total. The van der Waals surface area contributed by atoms with Gasteiger partial charge in [-0.2, -0.15) is 0 Å². The van der Waals surface area contributed by atoms with Gasteiger partial charge in [-0.25, -0.2) is 4.90 Å². The Bertz CT molecular complexity index is 1180. The van der Waals surface area contributed by atoms with Crippen LogP contribution in [-0.2, 0) is 19.2 Å². The minimum Gasteiger partial charge on any atom is -0.426 e. The van der Waals surface area contributed by atoms with Crippen LogP contribution in [0.3, 0.4) is 0 Å². The van der Waals surface area contributed by atoms with Crippen LogP contribution in [0.2, 0.25) is 0 Å². The maximum Gasteiger partial charge on any atom is 0.316 e. The van der Waals surface area contributed by atoms with Crippen molar-refractivity contribution in [3.05, 3.63) is 54.1 Å². The molecule has 0 spiro atoms. The van der Waals surface area contributed by atoms with Gasteiger partial charge in [-0.15, -0.1) is 0 Å². The van der Waals surface area contributed by atoms with E-state index >= 15 is 0 Å². The van der Waals surface area contributed by atoms with Crippen LogP contribution in [-0.4, -0.2) is 30.2 Å². The Labute approximate surface area is 198 Å². The van der Waals surface area contributed by atoms with Crippen molar-refractivity contribution in [3.63, 3.8) is 0 Å². The Morgan fingerprint density at radius 1 is 0.941 bits per heavy atom. The van der Waals surface area contributed by atoms with Gasteiger partial charge in [-0.1, -0.05) is 25.1 Å². The molecule has 34 heavy (non-hydrogen) atoms. The van der Waals surface area contributed by atoms with E-state index in [4.69, 9.17) is 4.74 Å². The zero-order valence-electron chi connectivity index (χ0n) is 19.4. The number of benzene rings is 2. The van der Waals surface area contributed by atoms with Gasteiger partial charge in [0, 0.05) is 24.7 Å². The largest absolute Gasteiger partial charge is 0.426 e. The number of amides is 3. The summed E-state index contributed by atoms with van der Waals surface area (Å²) in [5, 5.41) is 0. The normalized spacial score (nSPS) is 26.7. The standard InChI is InChI=1S/C27H28N2O5/c1-16-5-3-6-19(11-16)28-15-18(13-24(28)30)27(33)34-21-8-4-7-20(14-21)29-25(31)22-10-9-17(2)12-23(22)26(29)32/h3-8,11,14,17-18,22-23H,9-10,12-13,15H2,1-2H3/t17-,18-,22+,23+/m1/s1. The molecule has 3 aliphatic rings. The first-order valence-electron chi connectivity index (χ1n) is 11.9. The molecule has 1 saturated carbocycles. The molecular formula is C27H28N2O5. The van der Waals surface area contributed by atoms with Gasteiger partial charge >= 0.3 is 5.97 Å². The van der Waals surface area contributed by atoms with Crippen molar-refractivity contribution in [2.75, 3.05) is 16.3 Å². The van der Waals surface area contributed by atoms with Crippen molar-refractivity contribution in [1.29, 1.82) is 0 Å². The van der Waals surface area contributed by atoms with Crippen LogP contribution in [0.15, 0.2) is 48.5 Å². The number of imide groups is 1. The molecule has 3 amide bonds. The predicted molar refractivity (Wildman–Crippen MR) is 126 cm³/mol. The van der Waals surface area contributed by atoms with E-state index in [1.807, 2.05) is 31.2 Å². The molecule has 0 N–H and O–H groups in total. The molecule has 2 aromatic rings. The highest BCUT2D eigenvalue weighted by Crippen LogP contribution is 2.42. The van der Waals surface area contributed by atoms with Crippen molar-refractivity contribution in [2.24, 2.45) is 23.7 Å². The SMILES string of the molecule is Cc1cccc(N2C[C@H](C(=O)Oc3cccc(N4C(=O)[C@H]5CC[C@@H](C)C[C@@H]5C4=O)c3)CC2=O)c1. The molecular weight excluding hydrogens is 432 g/mol. The lowest BCUT2D eigenvalue weighted by Crippen LogP contribution is -2.31. The number of rotatable bonds is 4. The van der Waals surface area contributed by atoms with Crippen molar-refractivity contribution in [1.82, 2.24) is 0 Å².